The lowest BCUT2D eigenvalue weighted by Gasteiger charge is -2.23. The van der Waals surface area contributed by atoms with Crippen LogP contribution in [0.1, 0.15) is 35.8 Å². The quantitative estimate of drug-likeness (QED) is 0.569. The van der Waals surface area contributed by atoms with E-state index >= 15 is 0 Å². The largest absolute Gasteiger partial charge is 0.466 e. The van der Waals surface area contributed by atoms with Gasteiger partial charge in [-0.05, 0) is 43.5 Å². The molecule has 0 unspecified atom stereocenters. The third-order valence-electron chi connectivity index (χ3n) is 5.27. The first-order valence-electron chi connectivity index (χ1n) is 10.0. The summed E-state index contributed by atoms with van der Waals surface area (Å²) in [6.07, 6.45) is 1.70. The molecule has 0 radical (unpaired) electrons. The Morgan fingerprint density at radius 2 is 2.03 bits per heavy atom. The van der Waals surface area contributed by atoms with Gasteiger partial charge in [0.15, 0.2) is 12.4 Å². The van der Waals surface area contributed by atoms with Gasteiger partial charge in [-0.3, -0.25) is 4.79 Å². The number of nitrogens with zero attached hydrogens (tertiary/aromatic N) is 6. The van der Waals surface area contributed by atoms with Crippen LogP contribution in [-0.2, 0) is 11.3 Å². The second-order valence-electron chi connectivity index (χ2n) is 7.48. The van der Waals surface area contributed by atoms with E-state index in [1.165, 1.54) is 12.1 Å². The van der Waals surface area contributed by atoms with E-state index in [1.807, 2.05) is 18.9 Å². The number of amides is 1. The first-order chi connectivity index (χ1) is 15.0. The molecule has 0 spiro atoms. The molecular formula is C21H23FN6O3. The number of halogens is 1. The van der Waals surface area contributed by atoms with Gasteiger partial charge in [-0.1, -0.05) is 22.4 Å². The Hall–Kier alpha value is -3.56. The predicted molar refractivity (Wildman–Crippen MR) is 109 cm³/mol. The number of rotatable bonds is 7. The van der Waals surface area contributed by atoms with E-state index < -0.39 is 0 Å². The molecule has 2 aromatic heterocycles. The fourth-order valence-corrected chi connectivity index (χ4v) is 3.65. The van der Waals surface area contributed by atoms with Crippen LogP contribution in [0.15, 0.2) is 41.0 Å². The van der Waals surface area contributed by atoms with Gasteiger partial charge in [0.2, 0.25) is 5.88 Å². The van der Waals surface area contributed by atoms with Crippen molar-refractivity contribution < 1.29 is 18.6 Å². The summed E-state index contributed by atoms with van der Waals surface area (Å²) < 4.78 is 23.4. The highest BCUT2D eigenvalue weighted by atomic mass is 19.1. The van der Waals surface area contributed by atoms with Crippen molar-refractivity contribution in [2.24, 2.45) is 0 Å². The van der Waals surface area contributed by atoms with Crippen molar-refractivity contribution in [3.63, 3.8) is 0 Å². The van der Waals surface area contributed by atoms with Crippen LogP contribution in [0.4, 0.5) is 10.2 Å². The van der Waals surface area contributed by atoms with Gasteiger partial charge in [-0.15, -0.1) is 10.2 Å². The van der Waals surface area contributed by atoms with Crippen LogP contribution in [0.5, 0.6) is 5.88 Å². The average molecular weight is 426 g/mol. The number of likely N-dealkylation sites (tertiary alicyclic amines) is 1. The number of hydrogen-bond acceptors (Lipinski definition) is 8. The van der Waals surface area contributed by atoms with E-state index in [1.54, 1.807) is 29.2 Å². The third kappa shape index (κ3) is 4.79. The molecule has 0 bridgehead atoms. The summed E-state index contributed by atoms with van der Waals surface area (Å²) in [7, 11) is 1.87. The number of hydrogen-bond donors (Lipinski definition) is 0. The molecule has 0 aliphatic carbocycles. The van der Waals surface area contributed by atoms with Gasteiger partial charge in [0.25, 0.3) is 5.91 Å². The maximum atomic E-state index is 13.0. The second kappa shape index (κ2) is 9.07. The second-order valence-corrected chi connectivity index (χ2v) is 7.48. The van der Waals surface area contributed by atoms with Crippen molar-refractivity contribution in [2.45, 2.75) is 32.4 Å². The molecule has 3 aromatic rings. The Balaban J connectivity index is 1.32. The van der Waals surface area contributed by atoms with Gasteiger partial charge >= 0.3 is 0 Å². The van der Waals surface area contributed by atoms with E-state index in [4.69, 9.17) is 9.37 Å². The lowest BCUT2D eigenvalue weighted by Crippen LogP contribution is -2.35. The topological polar surface area (TPSA) is 97.5 Å². The standard InChI is InChI=1S/C21H23FN6O3/c1-14-21(26-31-25-14)17-4-3-11-28(17)20(29)13-30-19-10-9-18(23-24-19)27(2)12-15-5-7-16(22)8-6-15/h5-10,17H,3-4,11-13H2,1-2H3/t17-/m0/s1. The summed E-state index contributed by atoms with van der Waals surface area (Å²) in [6, 6.07) is 9.59. The van der Waals surface area contributed by atoms with Crippen LogP contribution in [0, 0.1) is 12.7 Å². The fourth-order valence-electron chi connectivity index (χ4n) is 3.65. The Morgan fingerprint density at radius 1 is 1.23 bits per heavy atom. The van der Waals surface area contributed by atoms with Crippen molar-refractivity contribution in [3.8, 4) is 5.88 Å². The summed E-state index contributed by atoms with van der Waals surface area (Å²) >= 11 is 0. The highest BCUT2D eigenvalue weighted by Crippen LogP contribution is 2.32. The van der Waals surface area contributed by atoms with Gasteiger partial charge in [-0.2, -0.15) is 0 Å². The van der Waals surface area contributed by atoms with Gasteiger partial charge in [-0.25, -0.2) is 9.02 Å². The first kappa shape index (κ1) is 20.7. The molecule has 1 saturated heterocycles. The minimum atomic E-state index is -0.268. The smallest absolute Gasteiger partial charge is 0.261 e. The maximum absolute atomic E-state index is 13.0. The zero-order valence-electron chi connectivity index (χ0n) is 17.4. The third-order valence-corrected chi connectivity index (χ3v) is 5.27. The van der Waals surface area contributed by atoms with Crippen molar-refractivity contribution >= 4 is 11.7 Å². The normalized spacial score (nSPS) is 15.8. The van der Waals surface area contributed by atoms with Crippen molar-refractivity contribution in [3.05, 3.63) is 59.2 Å². The number of ether oxygens (including phenoxy) is 1. The van der Waals surface area contributed by atoms with E-state index in [2.05, 4.69) is 20.5 Å². The van der Waals surface area contributed by atoms with Gasteiger partial charge < -0.3 is 14.5 Å². The predicted octanol–water partition coefficient (Wildman–Crippen LogP) is 2.69. The fraction of sp³-hybridized carbons (Fsp3) is 0.381. The number of benzene rings is 1. The summed E-state index contributed by atoms with van der Waals surface area (Å²) in [5.41, 5.74) is 2.34. The molecule has 0 saturated carbocycles. The summed E-state index contributed by atoms with van der Waals surface area (Å²) in [6.45, 7) is 2.87. The van der Waals surface area contributed by atoms with E-state index in [9.17, 15) is 9.18 Å². The Bertz CT molecular complexity index is 1020. The minimum absolute atomic E-state index is 0.139. The molecule has 1 aromatic carbocycles. The van der Waals surface area contributed by atoms with E-state index in [-0.39, 0.29) is 30.3 Å². The summed E-state index contributed by atoms with van der Waals surface area (Å²) in [5.74, 6) is 0.485. The first-order valence-corrected chi connectivity index (χ1v) is 10.0. The highest BCUT2D eigenvalue weighted by Gasteiger charge is 2.33. The lowest BCUT2D eigenvalue weighted by atomic mass is 10.1. The van der Waals surface area contributed by atoms with Crippen LogP contribution in [0.25, 0.3) is 0 Å². The minimum Gasteiger partial charge on any atom is -0.466 e. The molecule has 1 aliphatic heterocycles. The number of anilines is 1. The molecule has 10 heteroatoms. The Kier molecular flexibility index (Phi) is 6.06. The molecule has 1 amide bonds. The number of carbonyl (C=O) groups is 1. The number of carbonyl (C=O) groups excluding carboxylic acids is 1. The van der Waals surface area contributed by atoms with Crippen LogP contribution in [0.2, 0.25) is 0 Å². The summed E-state index contributed by atoms with van der Waals surface area (Å²) in [4.78, 5) is 16.3. The van der Waals surface area contributed by atoms with Gasteiger partial charge in [0.05, 0.1) is 6.04 Å². The van der Waals surface area contributed by atoms with Gasteiger partial charge in [0.1, 0.15) is 17.2 Å². The van der Waals surface area contributed by atoms with Crippen LogP contribution < -0.4 is 9.64 Å². The van der Waals surface area contributed by atoms with Crippen LogP contribution in [0.3, 0.4) is 0 Å². The maximum Gasteiger partial charge on any atom is 0.261 e. The average Bonchev–Trinajstić information content (AvgIpc) is 3.42. The molecule has 1 aliphatic rings. The molecule has 9 nitrogen and oxygen atoms in total. The van der Waals surface area contributed by atoms with E-state index in [0.29, 0.717) is 30.3 Å². The van der Waals surface area contributed by atoms with Crippen molar-refractivity contribution in [1.29, 1.82) is 0 Å². The molecular weight excluding hydrogens is 403 g/mol. The molecule has 1 fully saturated rings. The van der Waals surface area contributed by atoms with Crippen LogP contribution >= 0.6 is 0 Å². The number of aryl methyl sites for hydroxylation is 1. The zero-order chi connectivity index (χ0) is 21.8. The summed E-state index contributed by atoms with van der Waals surface area (Å²) in [5, 5.41) is 16.0. The van der Waals surface area contributed by atoms with Crippen molar-refractivity contribution in [2.75, 3.05) is 25.1 Å². The molecule has 31 heavy (non-hydrogen) atoms. The molecule has 4 rings (SSSR count). The lowest BCUT2D eigenvalue weighted by molar-refractivity contribution is -0.134. The molecule has 1 atom stereocenters. The highest BCUT2D eigenvalue weighted by molar-refractivity contribution is 5.78. The zero-order valence-corrected chi connectivity index (χ0v) is 17.4. The Morgan fingerprint density at radius 3 is 2.71 bits per heavy atom. The monoisotopic (exact) mass is 426 g/mol. The van der Waals surface area contributed by atoms with Gasteiger partial charge in [0, 0.05) is 26.2 Å². The van der Waals surface area contributed by atoms with Crippen molar-refractivity contribution in [1.82, 2.24) is 25.4 Å². The molecule has 162 valence electrons. The van der Waals surface area contributed by atoms with E-state index in [0.717, 1.165) is 18.4 Å². The van der Waals surface area contributed by atoms with Crippen LogP contribution in [-0.4, -0.2) is 51.5 Å². The molecule has 3 heterocycles. The number of aromatic nitrogens is 4. The SMILES string of the molecule is Cc1nonc1[C@@H]1CCCN1C(=O)COc1ccc(N(C)Cc2ccc(F)cc2)nn1. The molecule has 0 N–H and O–H groups in total. The Labute approximate surface area is 178 Å².